The maximum absolute atomic E-state index is 11.9. The summed E-state index contributed by atoms with van der Waals surface area (Å²) in [7, 11) is 0. The summed E-state index contributed by atoms with van der Waals surface area (Å²) in [6, 6.07) is 8.21. The van der Waals surface area contributed by atoms with E-state index in [2.05, 4.69) is 10.3 Å². The SMILES string of the molecule is O=C(CSC1=NCCS1)Nc1ccc2oc(=O)ccc2c1. The van der Waals surface area contributed by atoms with E-state index in [1.165, 1.54) is 17.8 Å². The van der Waals surface area contributed by atoms with Gasteiger partial charge < -0.3 is 9.73 Å². The van der Waals surface area contributed by atoms with Crippen molar-refractivity contribution in [1.29, 1.82) is 0 Å². The van der Waals surface area contributed by atoms with Gasteiger partial charge >= 0.3 is 5.63 Å². The Morgan fingerprint density at radius 2 is 2.29 bits per heavy atom. The number of thioether (sulfide) groups is 2. The molecule has 0 saturated carbocycles. The number of nitrogens with zero attached hydrogens (tertiary/aromatic N) is 1. The van der Waals surface area contributed by atoms with Gasteiger partial charge in [0.05, 0.1) is 12.3 Å². The van der Waals surface area contributed by atoms with E-state index in [4.69, 9.17) is 4.42 Å². The topological polar surface area (TPSA) is 71.7 Å². The predicted octanol–water partition coefficient (Wildman–Crippen LogP) is 2.57. The van der Waals surface area contributed by atoms with Crippen molar-refractivity contribution in [3.8, 4) is 0 Å². The van der Waals surface area contributed by atoms with Crippen molar-refractivity contribution >= 4 is 50.5 Å². The van der Waals surface area contributed by atoms with E-state index in [9.17, 15) is 9.59 Å². The molecule has 3 rings (SSSR count). The van der Waals surface area contributed by atoms with Crippen molar-refractivity contribution in [2.75, 3.05) is 23.4 Å². The quantitative estimate of drug-likeness (QED) is 0.880. The fourth-order valence-electron chi connectivity index (χ4n) is 1.88. The van der Waals surface area contributed by atoms with Crippen molar-refractivity contribution in [3.05, 3.63) is 40.8 Å². The molecule has 1 aromatic carbocycles. The van der Waals surface area contributed by atoms with Gasteiger partial charge in [0.25, 0.3) is 0 Å². The van der Waals surface area contributed by atoms with Crippen LogP contribution in [0.4, 0.5) is 5.69 Å². The van der Waals surface area contributed by atoms with Gasteiger partial charge in [-0.2, -0.15) is 0 Å². The fraction of sp³-hybridized carbons (Fsp3) is 0.214. The van der Waals surface area contributed by atoms with Crippen molar-refractivity contribution in [3.63, 3.8) is 0 Å². The Balaban J connectivity index is 1.65. The molecule has 0 unspecified atom stereocenters. The highest BCUT2D eigenvalue weighted by atomic mass is 32.2. The zero-order chi connectivity index (χ0) is 14.7. The van der Waals surface area contributed by atoms with E-state index >= 15 is 0 Å². The lowest BCUT2D eigenvalue weighted by Crippen LogP contribution is -2.14. The van der Waals surface area contributed by atoms with E-state index in [0.717, 1.165) is 22.1 Å². The van der Waals surface area contributed by atoms with Gasteiger partial charge in [0.15, 0.2) is 0 Å². The maximum atomic E-state index is 11.9. The average molecular weight is 320 g/mol. The Labute approximate surface area is 129 Å². The maximum Gasteiger partial charge on any atom is 0.336 e. The molecule has 1 aliphatic heterocycles. The molecule has 0 atom stereocenters. The standard InChI is InChI=1S/C14H12N2O3S2/c17-12(8-21-14-15-5-6-20-14)16-10-2-3-11-9(7-10)1-4-13(18)19-11/h1-4,7H,5-6,8H2,(H,16,17). The molecular weight excluding hydrogens is 308 g/mol. The van der Waals surface area contributed by atoms with Crippen LogP contribution >= 0.6 is 23.5 Å². The number of amides is 1. The molecule has 5 nitrogen and oxygen atoms in total. The highest BCUT2D eigenvalue weighted by Gasteiger charge is 2.11. The third kappa shape index (κ3) is 3.68. The van der Waals surface area contributed by atoms with E-state index in [1.807, 2.05) is 0 Å². The Morgan fingerprint density at radius 1 is 1.38 bits per heavy atom. The molecule has 0 bridgehead atoms. The first kappa shape index (κ1) is 14.2. The van der Waals surface area contributed by atoms with Crippen LogP contribution in [0.5, 0.6) is 0 Å². The highest BCUT2D eigenvalue weighted by Crippen LogP contribution is 2.22. The minimum absolute atomic E-state index is 0.0769. The fourth-order valence-corrected chi connectivity index (χ4v) is 3.69. The number of hydrogen-bond acceptors (Lipinski definition) is 6. The van der Waals surface area contributed by atoms with Crippen molar-refractivity contribution in [1.82, 2.24) is 0 Å². The molecule has 2 aromatic rings. The van der Waals surface area contributed by atoms with Crippen LogP contribution in [0.3, 0.4) is 0 Å². The molecule has 1 aliphatic rings. The van der Waals surface area contributed by atoms with E-state index in [0.29, 0.717) is 17.0 Å². The summed E-state index contributed by atoms with van der Waals surface area (Å²) >= 11 is 3.14. The number of benzene rings is 1. The molecule has 2 heterocycles. The van der Waals surface area contributed by atoms with Crippen LogP contribution in [0.1, 0.15) is 0 Å². The number of rotatable bonds is 3. The van der Waals surface area contributed by atoms with Crippen molar-refractivity contribution in [2.24, 2.45) is 4.99 Å². The molecule has 0 aliphatic carbocycles. The summed E-state index contributed by atoms with van der Waals surface area (Å²) in [5, 5.41) is 3.60. The summed E-state index contributed by atoms with van der Waals surface area (Å²) in [5.41, 5.74) is 0.806. The van der Waals surface area contributed by atoms with E-state index in [-0.39, 0.29) is 11.5 Å². The van der Waals surface area contributed by atoms with Crippen LogP contribution in [0.2, 0.25) is 0 Å². The first-order valence-electron chi connectivity index (χ1n) is 6.34. The number of hydrogen-bond donors (Lipinski definition) is 1. The van der Waals surface area contributed by atoms with Crippen LogP contribution in [0.25, 0.3) is 11.0 Å². The van der Waals surface area contributed by atoms with Gasteiger partial charge in [0.1, 0.15) is 9.96 Å². The summed E-state index contributed by atoms with van der Waals surface area (Å²) < 4.78 is 6.02. The summed E-state index contributed by atoms with van der Waals surface area (Å²) in [4.78, 5) is 27.3. The molecule has 1 amide bonds. The largest absolute Gasteiger partial charge is 0.423 e. The molecule has 0 spiro atoms. The third-order valence-corrected chi connectivity index (χ3v) is 5.04. The van der Waals surface area contributed by atoms with Gasteiger partial charge in [-0.05, 0) is 24.3 Å². The van der Waals surface area contributed by atoms with Crippen LogP contribution in [0.15, 0.2) is 44.5 Å². The molecule has 0 saturated heterocycles. The normalized spacial score (nSPS) is 14.2. The second kappa shape index (κ2) is 6.36. The third-order valence-electron chi connectivity index (χ3n) is 2.79. The Hall–Kier alpha value is -1.73. The first-order valence-corrected chi connectivity index (χ1v) is 8.32. The Kier molecular flexibility index (Phi) is 4.31. The summed E-state index contributed by atoms with van der Waals surface area (Å²) in [5.74, 6) is 1.26. The van der Waals surface area contributed by atoms with Gasteiger partial charge in [-0.1, -0.05) is 23.5 Å². The first-order chi connectivity index (χ1) is 10.2. The van der Waals surface area contributed by atoms with E-state index < -0.39 is 0 Å². The number of carbonyl (C=O) groups excluding carboxylic acids is 1. The number of nitrogens with one attached hydrogen (secondary N) is 1. The number of anilines is 1. The minimum atomic E-state index is -0.384. The average Bonchev–Trinajstić information content (AvgIpc) is 2.99. The van der Waals surface area contributed by atoms with Crippen LogP contribution in [-0.4, -0.2) is 28.3 Å². The monoisotopic (exact) mass is 320 g/mol. The molecule has 1 N–H and O–H groups in total. The smallest absolute Gasteiger partial charge is 0.336 e. The summed E-state index contributed by atoms with van der Waals surface area (Å²) in [6.45, 7) is 0.838. The molecule has 1 aromatic heterocycles. The second-order valence-electron chi connectivity index (χ2n) is 4.34. The molecule has 0 radical (unpaired) electrons. The van der Waals surface area contributed by atoms with E-state index in [1.54, 1.807) is 36.0 Å². The summed E-state index contributed by atoms with van der Waals surface area (Å²) in [6.07, 6.45) is 0. The van der Waals surface area contributed by atoms with Crippen LogP contribution < -0.4 is 10.9 Å². The van der Waals surface area contributed by atoms with Gasteiger partial charge in [-0.15, -0.1) is 0 Å². The zero-order valence-corrected chi connectivity index (χ0v) is 12.6. The number of carbonyl (C=O) groups is 1. The molecule has 0 fully saturated rings. The lowest BCUT2D eigenvalue weighted by molar-refractivity contribution is -0.113. The lowest BCUT2D eigenvalue weighted by atomic mass is 10.2. The van der Waals surface area contributed by atoms with Crippen LogP contribution in [-0.2, 0) is 4.79 Å². The van der Waals surface area contributed by atoms with Gasteiger partial charge in [0, 0.05) is 22.9 Å². The van der Waals surface area contributed by atoms with Gasteiger partial charge in [-0.25, -0.2) is 4.79 Å². The Morgan fingerprint density at radius 3 is 3.10 bits per heavy atom. The number of aliphatic imine (C=N–C) groups is 1. The minimum Gasteiger partial charge on any atom is -0.423 e. The van der Waals surface area contributed by atoms with Crippen LogP contribution in [0, 0.1) is 0 Å². The van der Waals surface area contributed by atoms with Gasteiger partial charge in [-0.3, -0.25) is 9.79 Å². The Bertz CT molecular complexity index is 770. The second-order valence-corrected chi connectivity index (χ2v) is 6.65. The number of fused-ring (bicyclic) bond motifs is 1. The highest BCUT2D eigenvalue weighted by molar-refractivity contribution is 8.39. The van der Waals surface area contributed by atoms with Gasteiger partial charge in [0.2, 0.25) is 5.91 Å². The molecule has 7 heteroatoms. The van der Waals surface area contributed by atoms with Crippen molar-refractivity contribution in [2.45, 2.75) is 0 Å². The molecule has 108 valence electrons. The molecular formula is C14H12N2O3S2. The lowest BCUT2D eigenvalue weighted by Gasteiger charge is -2.05. The zero-order valence-electron chi connectivity index (χ0n) is 11.0. The molecule has 21 heavy (non-hydrogen) atoms. The van der Waals surface area contributed by atoms with Crippen molar-refractivity contribution < 1.29 is 9.21 Å². The predicted molar refractivity (Wildman–Crippen MR) is 88.3 cm³/mol.